The maximum absolute atomic E-state index is 2.47. The average molecular weight is 798 g/mol. The molecule has 0 aliphatic heterocycles. The first-order valence-electron chi connectivity index (χ1n) is 28.1. The van der Waals surface area contributed by atoms with E-state index in [1.165, 1.54) is 186 Å². The molecule has 0 spiro atoms. The Hall–Kier alpha value is 0. The van der Waals surface area contributed by atoms with Gasteiger partial charge in [-0.1, -0.05) is 299 Å². The Bertz CT molecular complexity index is 733. The molecule has 0 aromatic carbocycles. The van der Waals surface area contributed by atoms with E-state index in [0.717, 1.165) is 53.3 Å². The summed E-state index contributed by atoms with van der Waals surface area (Å²) in [5, 5.41) is 0. The van der Waals surface area contributed by atoms with Gasteiger partial charge in [-0.3, -0.25) is 0 Å². The van der Waals surface area contributed by atoms with Crippen molar-refractivity contribution >= 4 is 0 Å². The van der Waals surface area contributed by atoms with E-state index in [2.05, 4.69) is 20.8 Å². The molecule has 0 N–H and O–H groups in total. The van der Waals surface area contributed by atoms with Crippen LogP contribution in [0.2, 0.25) is 0 Å². The van der Waals surface area contributed by atoms with E-state index >= 15 is 0 Å². The van der Waals surface area contributed by atoms with Crippen LogP contribution in [0, 0.1) is 53.3 Å². The van der Waals surface area contributed by atoms with Gasteiger partial charge in [0.05, 0.1) is 0 Å². The molecule has 0 amide bonds. The van der Waals surface area contributed by atoms with E-state index in [1.807, 2.05) is 27.7 Å². The lowest BCUT2D eigenvalue weighted by molar-refractivity contribution is 0.153. The molecule has 0 aromatic heterocycles. The zero-order valence-electron chi connectivity index (χ0n) is 41.2. The predicted octanol–water partition coefficient (Wildman–Crippen LogP) is 20.7. The first kappa shape index (κ1) is 53.1. The van der Waals surface area contributed by atoms with E-state index in [-0.39, 0.29) is 0 Å². The molecule has 0 bridgehead atoms. The van der Waals surface area contributed by atoms with E-state index in [1.54, 1.807) is 77.0 Å². The van der Waals surface area contributed by atoms with Crippen molar-refractivity contribution in [1.29, 1.82) is 0 Å². The molecular weight excluding hydrogens is 685 g/mol. The molecule has 7 saturated carbocycles. The molecule has 340 valence electrons. The average Bonchev–Trinajstić information content (AvgIpc) is 3.14. The van der Waals surface area contributed by atoms with Crippen LogP contribution in [0.5, 0.6) is 0 Å². The molecule has 0 nitrogen and oxygen atoms in total. The minimum absolute atomic E-state index is 1.01. The third-order valence-corrected chi connectivity index (χ3v) is 16.4. The summed E-state index contributed by atoms with van der Waals surface area (Å²) in [5.74, 6) is 9.75. The minimum Gasteiger partial charge on any atom is -0.0683 e. The van der Waals surface area contributed by atoms with Crippen LogP contribution in [0.3, 0.4) is 0 Å². The molecule has 7 rings (SSSR count). The van der Waals surface area contributed by atoms with E-state index in [9.17, 15) is 0 Å². The molecule has 57 heavy (non-hydrogen) atoms. The third kappa shape index (κ3) is 25.5. The highest BCUT2D eigenvalue weighted by Gasteiger charge is 2.30. The third-order valence-electron chi connectivity index (χ3n) is 16.4. The summed E-state index contributed by atoms with van der Waals surface area (Å²) in [6.45, 7) is 15.4. The highest BCUT2D eigenvalue weighted by Crippen LogP contribution is 2.42. The van der Waals surface area contributed by atoms with Gasteiger partial charge in [-0.15, -0.1) is 0 Å². The lowest BCUT2D eigenvalue weighted by atomic mass is 9.69. The second kappa shape index (κ2) is 36.6. The van der Waals surface area contributed by atoms with Crippen LogP contribution in [-0.4, -0.2) is 0 Å². The number of hydrogen-bond donors (Lipinski definition) is 0. The normalized spacial score (nSPS) is 31.8. The lowest BCUT2D eigenvalue weighted by Gasteiger charge is -2.36. The molecule has 4 unspecified atom stereocenters. The molecular formula is C57H112. The van der Waals surface area contributed by atoms with Gasteiger partial charge in [-0.25, -0.2) is 0 Å². The molecule has 4 atom stereocenters. The fourth-order valence-electron chi connectivity index (χ4n) is 12.3. The maximum atomic E-state index is 2.47. The quantitative estimate of drug-likeness (QED) is 0.267. The van der Waals surface area contributed by atoms with Crippen molar-refractivity contribution in [2.75, 3.05) is 0 Å². The highest BCUT2D eigenvalue weighted by molar-refractivity contribution is 4.81. The molecule has 7 aliphatic rings. The topological polar surface area (TPSA) is 0 Å². The van der Waals surface area contributed by atoms with Crippen LogP contribution < -0.4 is 0 Å². The van der Waals surface area contributed by atoms with Gasteiger partial charge < -0.3 is 0 Å². The first-order chi connectivity index (χ1) is 28.1. The van der Waals surface area contributed by atoms with Crippen LogP contribution in [-0.2, 0) is 0 Å². The van der Waals surface area contributed by atoms with Crippen molar-refractivity contribution < 1.29 is 0 Å². The molecule has 0 saturated heterocycles. The van der Waals surface area contributed by atoms with Crippen molar-refractivity contribution in [2.45, 2.75) is 312 Å². The fourth-order valence-corrected chi connectivity index (χ4v) is 12.3. The van der Waals surface area contributed by atoms with E-state index in [0.29, 0.717) is 0 Å². The van der Waals surface area contributed by atoms with Gasteiger partial charge in [0.25, 0.3) is 0 Å². The van der Waals surface area contributed by atoms with E-state index < -0.39 is 0 Å². The fraction of sp³-hybridized carbons (Fsp3) is 1.00. The number of rotatable bonds is 3. The molecule has 0 aromatic rings. The van der Waals surface area contributed by atoms with Gasteiger partial charge in [0.15, 0.2) is 0 Å². The van der Waals surface area contributed by atoms with Crippen LogP contribution in [0.4, 0.5) is 0 Å². The Balaban J connectivity index is 0.000000258. The van der Waals surface area contributed by atoms with E-state index in [4.69, 9.17) is 0 Å². The molecule has 7 fully saturated rings. The second-order valence-corrected chi connectivity index (χ2v) is 21.2. The predicted molar refractivity (Wildman–Crippen MR) is 260 cm³/mol. The molecule has 7 aliphatic carbocycles. The van der Waals surface area contributed by atoms with Crippen LogP contribution >= 0.6 is 0 Å². The lowest BCUT2D eigenvalue weighted by Crippen LogP contribution is -2.24. The smallest absolute Gasteiger partial charge is 0.0383 e. The second-order valence-electron chi connectivity index (χ2n) is 21.2. The summed E-state index contributed by atoms with van der Waals surface area (Å²) < 4.78 is 0. The van der Waals surface area contributed by atoms with Crippen LogP contribution in [0.25, 0.3) is 0 Å². The van der Waals surface area contributed by atoms with Crippen molar-refractivity contribution in [1.82, 2.24) is 0 Å². The van der Waals surface area contributed by atoms with Gasteiger partial charge in [0.2, 0.25) is 0 Å². The zero-order valence-corrected chi connectivity index (χ0v) is 41.2. The summed E-state index contributed by atoms with van der Waals surface area (Å²) in [6.07, 6.45) is 62.4. The van der Waals surface area contributed by atoms with Crippen LogP contribution in [0.15, 0.2) is 0 Å². The molecule has 0 radical (unpaired) electrons. The van der Waals surface area contributed by atoms with Crippen molar-refractivity contribution in [3.63, 3.8) is 0 Å². The Kier molecular flexibility index (Phi) is 34.2. The van der Waals surface area contributed by atoms with Crippen molar-refractivity contribution in [3.05, 3.63) is 0 Å². The summed E-state index contributed by atoms with van der Waals surface area (Å²) in [7, 11) is 0. The number of hydrogen-bond acceptors (Lipinski definition) is 0. The van der Waals surface area contributed by atoms with Crippen molar-refractivity contribution in [3.8, 4) is 0 Å². The SMILES string of the molecule is C1CCCCCCCCC1.CC.CC.CC1CCCC(C2CCCCCCC2)CCC1.CC1CCCCCC(C2CCC2)C1.CC1CCCCCC(C2CCC2)C1. The van der Waals surface area contributed by atoms with Crippen LogP contribution in [0.1, 0.15) is 312 Å². The summed E-state index contributed by atoms with van der Waals surface area (Å²) in [4.78, 5) is 0. The monoisotopic (exact) mass is 797 g/mol. The van der Waals surface area contributed by atoms with Gasteiger partial charge in [0.1, 0.15) is 0 Å². The Morgan fingerprint density at radius 2 is 0.351 bits per heavy atom. The maximum Gasteiger partial charge on any atom is -0.0383 e. The summed E-state index contributed by atoms with van der Waals surface area (Å²) in [6, 6.07) is 0. The standard InChI is InChI=1S/C17H32.2C13H24.C10H20.2C2H6/c1-15-9-7-13-17(14-8-10-15)16-11-5-3-2-4-6-12-16;2*1-11-6-3-2-4-7-13(10-11)12-8-5-9-12;1-2-4-6-8-10-9-7-5-3-1;2*1-2/h15-17H,2-14H2,1H3;2*11-13H,2-10H2,1H3;1-10H2;2*1-2H3. The Morgan fingerprint density at radius 1 is 0.175 bits per heavy atom. The molecule has 0 heterocycles. The Labute approximate surface area is 363 Å². The Morgan fingerprint density at radius 3 is 0.649 bits per heavy atom. The summed E-state index contributed by atoms with van der Waals surface area (Å²) >= 11 is 0. The molecule has 0 heteroatoms. The van der Waals surface area contributed by atoms with Gasteiger partial charge in [0, 0.05) is 0 Å². The van der Waals surface area contributed by atoms with Gasteiger partial charge in [-0.05, 0) is 66.1 Å². The highest BCUT2D eigenvalue weighted by atomic mass is 14.4. The first-order valence-corrected chi connectivity index (χ1v) is 28.1. The summed E-state index contributed by atoms with van der Waals surface area (Å²) in [5.41, 5.74) is 0. The largest absolute Gasteiger partial charge is 0.0683 e. The van der Waals surface area contributed by atoms with Gasteiger partial charge >= 0.3 is 0 Å². The zero-order chi connectivity index (χ0) is 41.2. The van der Waals surface area contributed by atoms with Crippen molar-refractivity contribution in [2.24, 2.45) is 53.3 Å². The van der Waals surface area contributed by atoms with Gasteiger partial charge in [-0.2, -0.15) is 0 Å². The minimum atomic E-state index is 1.01.